The lowest BCUT2D eigenvalue weighted by atomic mass is 9.98. The number of ether oxygens (including phenoxy) is 2. The van der Waals surface area contributed by atoms with Gasteiger partial charge in [0, 0.05) is 18.7 Å². The van der Waals surface area contributed by atoms with E-state index < -0.39 is 6.04 Å². The van der Waals surface area contributed by atoms with Gasteiger partial charge in [0.2, 0.25) is 5.91 Å². The molecule has 3 rings (SSSR count). The van der Waals surface area contributed by atoms with Crippen LogP contribution in [0.15, 0.2) is 42.5 Å². The van der Waals surface area contributed by atoms with Crippen LogP contribution in [0.3, 0.4) is 0 Å². The van der Waals surface area contributed by atoms with Gasteiger partial charge in [-0.05, 0) is 48.7 Å². The lowest BCUT2D eigenvalue weighted by molar-refractivity contribution is -0.133. The maximum atomic E-state index is 12.8. The Morgan fingerprint density at radius 1 is 1.04 bits per heavy atom. The average Bonchev–Trinajstić information content (AvgIpc) is 2.72. The fourth-order valence-corrected chi connectivity index (χ4v) is 3.28. The molecule has 0 aromatic heterocycles. The van der Waals surface area contributed by atoms with E-state index in [0.29, 0.717) is 30.2 Å². The summed E-state index contributed by atoms with van der Waals surface area (Å²) >= 11 is 0. The lowest BCUT2D eigenvalue weighted by Crippen LogP contribution is -2.48. The molecule has 0 saturated heterocycles. The topological polar surface area (TPSA) is 67.9 Å². The van der Waals surface area contributed by atoms with Crippen LogP contribution in [0.1, 0.15) is 28.4 Å². The van der Waals surface area contributed by atoms with E-state index in [4.69, 9.17) is 9.47 Å². The number of benzene rings is 2. The number of nitrogens with zero attached hydrogens (tertiary/aromatic N) is 1. The number of carbonyl (C=O) groups excluding carboxylic acids is 2. The highest BCUT2D eigenvalue weighted by atomic mass is 16.5. The third-order valence-corrected chi connectivity index (χ3v) is 4.78. The number of methoxy groups -OCH3 is 2. The van der Waals surface area contributed by atoms with Crippen LogP contribution >= 0.6 is 0 Å². The molecule has 0 radical (unpaired) electrons. The third kappa shape index (κ3) is 4.05. The molecule has 6 nitrogen and oxygen atoms in total. The van der Waals surface area contributed by atoms with Crippen LogP contribution in [0.5, 0.6) is 11.5 Å². The summed E-state index contributed by atoms with van der Waals surface area (Å²) in [5.41, 5.74) is 2.73. The summed E-state index contributed by atoms with van der Waals surface area (Å²) in [4.78, 5) is 26.9. The van der Waals surface area contributed by atoms with Crippen LogP contribution in [0.4, 0.5) is 0 Å². The first-order valence-electron chi connectivity index (χ1n) is 8.92. The van der Waals surface area contributed by atoms with Crippen molar-refractivity contribution in [1.82, 2.24) is 10.2 Å². The lowest BCUT2D eigenvalue weighted by Gasteiger charge is -2.31. The minimum absolute atomic E-state index is 0.0975. The van der Waals surface area contributed by atoms with Crippen molar-refractivity contribution >= 4 is 11.8 Å². The summed E-state index contributed by atoms with van der Waals surface area (Å²) in [5.74, 6) is 0.996. The Morgan fingerprint density at radius 3 is 2.30 bits per heavy atom. The molecule has 2 aromatic carbocycles. The summed E-state index contributed by atoms with van der Waals surface area (Å²) in [6.45, 7) is 2.81. The summed E-state index contributed by atoms with van der Waals surface area (Å²) in [6.07, 6.45) is 0.737. The SMILES string of the molecule is COc1cc2c(cc1OC)CN(C(=O)C(C)NC(=O)c1ccccc1)CC2. The smallest absolute Gasteiger partial charge is 0.251 e. The molecule has 0 fully saturated rings. The quantitative estimate of drug-likeness (QED) is 0.880. The van der Waals surface area contributed by atoms with E-state index in [9.17, 15) is 9.59 Å². The number of amides is 2. The van der Waals surface area contributed by atoms with Gasteiger partial charge in [-0.25, -0.2) is 0 Å². The fraction of sp³-hybridized carbons (Fsp3) is 0.333. The summed E-state index contributed by atoms with van der Waals surface area (Å²) < 4.78 is 10.7. The molecule has 0 saturated carbocycles. The molecule has 1 unspecified atom stereocenters. The minimum atomic E-state index is -0.598. The first-order chi connectivity index (χ1) is 13.0. The van der Waals surface area contributed by atoms with Crippen LogP contribution < -0.4 is 14.8 Å². The molecule has 2 aromatic rings. The zero-order valence-corrected chi connectivity index (χ0v) is 15.8. The largest absolute Gasteiger partial charge is 0.493 e. The average molecular weight is 368 g/mol. The van der Waals surface area contributed by atoms with Crippen molar-refractivity contribution in [2.45, 2.75) is 25.9 Å². The molecule has 0 bridgehead atoms. The van der Waals surface area contributed by atoms with Gasteiger partial charge in [-0.1, -0.05) is 18.2 Å². The van der Waals surface area contributed by atoms with E-state index in [2.05, 4.69) is 5.32 Å². The summed E-state index contributed by atoms with van der Waals surface area (Å²) in [5, 5.41) is 2.78. The third-order valence-electron chi connectivity index (χ3n) is 4.78. The van der Waals surface area contributed by atoms with Crippen LogP contribution in [-0.2, 0) is 17.8 Å². The van der Waals surface area contributed by atoms with Crippen LogP contribution in [0.25, 0.3) is 0 Å². The van der Waals surface area contributed by atoms with Gasteiger partial charge in [-0.15, -0.1) is 0 Å². The van der Waals surface area contributed by atoms with Crippen molar-refractivity contribution in [3.63, 3.8) is 0 Å². The highest BCUT2D eigenvalue weighted by Gasteiger charge is 2.27. The van der Waals surface area contributed by atoms with Crippen molar-refractivity contribution in [2.24, 2.45) is 0 Å². The zero-order chi connectivity index (χ0) is 19.4. The Labute approximate surface area is 159 Å². The Morgan fingerprint density at radius 2 is 1.67 bits per heavy atom. The van der Waals surface area contributed by atoms with Crippen molar-refractivity contribution in [3.8, 4) is 11.5 Å². The molecule has 27 heavy (non-hydrogen) atoms. The van der Waals surface area contributed by atoms with Crippen molar-refractivity contribution in [3.05, 3.63) is 59.2 Å². The Kier molecular flexibility index (Phi) is 5.64. The summed E-state index contributed by atoms with van der Waals surface area (Å²) in [7, 11) is 3.21. The molecule has 1 N–H and O–H groups in total. The van der Waals surface area contributed by atoms with Crippen LogP contribution in [0.2, 0.25) is 0 Å². The highest BCUT2D eigenvalue weighted by Crippen LogP contribution is 2.33. The standard InChI is InChI=1S/C21H24N2O4/c1-14(22-20(24)15-7-5-4-6-8-15)21(25)23-10-9-16-11-18(26-2)19(27-3)12-17(16)13-23/h4-8,11-12,14H,9-10,13H2,1-3H3,(H,22,24). The molecule has 2 amide bonds. The molecular weight excluding hydrogens is 344 g/mol. The Bertz CT molecular complexity index is 836. The second-order valence-corrected chi connectivity index (χ2v) is 6.55. The van der Waals surface area contributed by atoms with Crippen LogP contribution in [-0.4, -0.2) is 43.5 Å². The molecule has 1 atom stereocenters. The van der Waals surface area contributed by atoms with E-state index in [1.807, 2.05) is 18.2 Å². The van der Waals surface area contributed by atoms with Gasteiger partial charge in [0.1, 0.15) is 6.04 Å². The predicted molar refractivity (Wildman–Crippen MR) is 102 cm³/mol. The van der Waals surface area contributed by atoms with Crippen molar-refractivity contribution in [2.75, 3.05) is 20.8 Å². The molecular formula is C21H24N2O4. The van der Waals surface area contributed by atoms with E-state index in [1.54, 1.807) is 50.3 Å². The number of fused-ring (bicyclic) bond motifs is 1. The van der Waals surface area contributed by atoms with E-state index >= 15 is 0 Å². The van der Waals surface area contributed by atoms with Crippen molar-refractivity contribution in [1.29, 1.82) is 0 Å². The van der Waals surface area contributed by atoms with Gasteiger partial charge in [0.05, 0.1) is 14.2 Å². The molecule has 0 aliphatic carbocycles. The van der Waals surface area contributed by atoms with Crippen LogP contribution in [0, 0.1) is 0 Å². The Hall–Kier alpha value is -3.02. The molecule has 0 spiro atoms. The van der Waals surface area contributed by atoms with Gasteiger partial charge in [0.25, 0.3) is 5.91 Å². The minimum Gasteiger partial charge on any atom is -0.493 e. The predicted octanol–water partition coefficient (Wildman–Crippen LogP) is 2.41. The molecule has 1 aliphatic rings. The molecule has 6 heteroatoms. The van der Waals surface area contributed by atoms with E-state index in [1.165, 1.54) is 0 Å². The van der Waals surface area contributed by atoms with E-state index in [0.717, 1.165) is 17.5 Å². The number of hydrogen-bond donors (Lipinski definition) is 1. The second-order valence-electron chi connectivity index (χ2n) is 6.55. The fourth-order valence-electron chi connectivity index (χ4n) is 3.28. The molecule has 1 aliphatic heterocycles. The number of hydrogen-bond acceptors (Lipinski definition) is 4. The number of nitrogens with one attached hydrogen (secondary N) is 1. The maximum Gasteiger partial charge on any atom is 0.251 e. The highest BCUT2D eigenvalue weighted by molar-refractivity contribution is 5.97. The maximum absolute atomic E-state index is 12.8. The van der Waals surface area contributed by atoms with Crippen molar-refractivity contribution < 1.29 is 19.1 Å². The first kappa shape index (κ1) is 18.8. The Balaban J connectivity index is 1.69. The molecule has 1 heterocycles. The van der Waals surface area contributed by atoms with Gasteiger partial charge < -0.3 is 19.7 Å². The summed E-state index contributed by atoms with van der Waals surface area (Å²) in [6, 6.07) is 12.2. The van der Waals surface area contributed by atoms with E-state index in [-0.39, 0.29) is 11.8 Å². The first-order valence-corrected chi connectivity index (χ1v) is 8.92. The zero-order valence-electron chi connectivity index (χ0n) is 15.8. The van der Waals surface area contributed by atoms with Gasteiger partial charge in [-0.2, -0.15) is 0 Å². The number of carbonyl (C=O) groups is 2. The van der Waals surface area contributed by atoms with Gasteiger partial charge in [0.15, 0.2) is 11.5 Å². The monoisotopic (exact) mass is 368 g/mol. The normalized spacial score (nSPS) is 14.1. The van der Waals surface area contributed by atoms with Gasteiger partial charge in [-0.3, -0.25) is 9.59 Å². The number of rotatable bonds is 5. The molecule has 142 valence electrons. The van der Waals surface area contributed by atoms with Gasteiger partial charge >= 0.3 is 0 Å². The second kappa shape index (κ2) is 8.12.